The van der Waals surface area contributed by atoms with Crippen molar-refractivity contribution < 1.29 is 19.1 Å². The summed E-state index contributed by atoms with van der Waals surface area (Å²) in [6.07, 6.45) is 0.212. The monoisotopic (exact) mass is 229 g/mol. The fourth-order valence-electron chi connectivity index (χ4n) is 1.01. The van der Waals surface area contributed by atoms with Crippen molar-refractivity contribution in [1.29, 1.82) is 0 Å². The number of hydrogen-bond donors (Lipinski definition) is 1. The number of nitrogens with one attached hydrogen (secondary N) is 1. The van der Waals surface area contributed by atoms with Gasteiger partial charge < -0.3 is 10.1 Å². The van der Waals surface area contributed by atoms with E-state index in [9.17, 15) is 14.4 Å². The molecule has 0 saturated carbocycles. The average Bonchev–Trinajstić information content (AvgIpc) is 2.16. The summed E-state index contributed by atoms with van der Waals surface area (Å²) >= 11 is 0. The first-order chi connectivity index (χ1) is 7.34. The second kappa shape index (κ2) is 6.98. The Morgan fingerprint density at radius 3 is 2.19 bits per heavy atom. The van der Waals surface area contributed by atoms with Gasteiger partial charge in [0.05, 0.1) is 0 Å². The minimum atomic E-state index is -0.453. The molecule has 0 aromatic carbocycles. The molecule has 0 heterocycles. The van der Waals surface area contributed by atoms with E-state index in [0.717, 1.165) is 0 Å². The number of hydrogen-bond acceptors (Lipinski definition) is 4. The van der Waals surface area contributed by atoms with Crippen molar-refractivity contribution in [3.8, 4) is 0 Å². The van der Waals surface area contributed by atoms with Crippen LogP contribution in [0, 0.1) is 11.8 Å². The van der Waals surface area contributed by atoms with E-state index in [2.05, 4.69) is 10.1 Å². The fraction of sp³-hybridized carbons (Fsp3) is 0.727. The Labute approximate surface area is 95.5 Å². The highest BCUT2D eigenvalue weighted by Crippen LogP contribution is 2.08. The lowest BCUT2D eigenvalue weighted by atomic mass is 9.97. The molecular weight excluding hydrogens is 210 g/mol. The first-order valence-corrected chi connectivity index (χ1v) is 5.28. The van der Waals surface area contributed by atoms with E-state index in [1.807, 2.05) is 0 Å². The van der Waals surface area contributed by atoms with Gasteiger partial charge in [-0.2, -0.15) is 0 Å². The fourth-order valence-corrected chi connectivity index (χ4v) is 1.01. The highest BCUT2D eigenvalue weighted by Gasteiger charge is 2.18. The maximum Gasteiger partial charge on any atom is 0.304 e. The SMILES string of the molecule is CC(=O)OCNC(=O)[C@H](C)CC(=O)C(C)C. The van der Waals surface area contributed by atoms with Crippen LogP contribution in [0.3, 0.4) is 0 Å². The Hall–Kier alpha value is -1.39. The predicted octanol–water partition coefficient (Wildman–Crippen LogP) is 0.874. The Morgan fingerprint density at radius 1 is 1.19 bits per heavy atom. The molecular formula is C11H19NO4. The molecule has 0 aromatic rings. The summed E-state index contributed by atoms with van der Waals surface area (Å²) < 4.78 is 4.56. The number of carbonyl (C=O) groups excluding carboxylic acids is 3. The number of ether oxygens (including phenoxy) is 1. The zero-order chi connectivity index (χ0) is 12.7. The average molecular weight is 229 g/mol. The molecule has 16 heavy (non-hydrogen) atoms. The topological polar surface area (TPSA) is 72.5 Å². The van der Waals surface area contributed by atoms with E-state index in [-0.39, 0.29) is 30.8 Å². The largest absolute Gasteiger partial charge is 0.445 e. The molecule has 0 rings (SSSR count). The summed E-state index contributed by atoms with van der Waals surface area (Å²) in [7, 11) is 0. The maximum atomic E-state index is 11.4. The summed E-state index contributed by atoms with van der Waals surface area (Å²) in [6.45, 7) is 6.38. The van der Waals surface area contributed by atoms with Gasteiger partial charge in [0.2, 0.25) is 5.91 Å². The number of amides is 1. The van der Waals surface area contributed by atoms with Crippen LogP contribution in [-0.2, 0) is 19.1 Å². The second-order valence-corrected chi connectivity index (χ2v) is 4.05. The third-order valence-electron chi connectivity index (χ3n) is 2.12. The van der Waals surface area contributed by atoms with Crippen LogP contribution >= 0.6 is 0 Å². The van der Waals surface area contributed by atoms with E-state index < -0.39 is 11.9 Å². The zero-order valence-electron chi connectivity index (χ0n) is 10.2. The lowest BCUT2D eigenvalue weighted by Crippen LogP contribution is -2.33. The molecule has 0 aliphatic carbocycles. The van der Waals surface area contributed by atoms with Crippen LogP contribution in [0.5, 0.6) is 0 Å². The molecule has 92 valence electrons. The molecule has 1 atom stereocenters. The summed E-state index contributed by atoms with van der Waals surface area (Å²) in [6, 6.07) is 0. The Balaban J connectivity index is 3.90. The van der Waals surface area contributed by atoms with Gasteiger partial charge in [-0.25, -0.2) is 0 Å². The van der Waals surface area contributed by atoms with Crippen LogP contribution < -0.4 is 5.32 Å². The quantitative estimate of drug-likeness (QED) is 0.542. The van der Waals surface area contributed by atoms with Crippen LogP contribution in [0.1, 0.15) is 34.1 Å². The molecule has 0 bridgehead atoms. The second-order valence-electron chi connectivity index (χ2n) is 4.05. The van der Waals surface area contributed by atoms with Gasteiger partial charge in [-0.05, 0) is 0 Å². The molecule has 0 aromatic heterocycles. The summed E-state index contributed by atoms with van der Waals surface area (Å²) in [5, 5.41) is 2.42. The molecule has 5 nitrogen and oxygen atoms in total. The van der Waals surface area contributed by atoms with Crippen molar-refractivity contribution in [1.82, 2.24) is 5.32 Å². The first kappa shape index (κ1) is 14.6. The number of esters is 1. The zero-order valence-corrected chi connectivity index (χ0v) is 10.2. The molecule has 0 aliphatic heterocycles. The molecule has 1 N–H and O–H groups in total. The van der Waals surface area contributed by atoms with Crippen molar-refractivity contribution >= 4 is 17.7 Å². The minimum absolute atomic E-state index is 0.0511. The molecule has 5 heteroatoms. The smallest absolute Gasteiger partial charge is 0.304 e. The van der Waals surface area contributed by atoms with Gasteiger partial charge in [0.15, 0.2) is 6.73 Å². The van der Waals surface area contributed by atoms with Crippen molar-refractivity contribution in [2.24, 2.45) is 11.8 Å². The number of carbonyl (C=O) groups is 3. The number of Topliss-reactive ketones (excluding diaryl/α,β-unsaturated/α-hetero) is 1. The van der Waals surface area contributed by atoms with E-state index in [1.54, 1.807) is 20.8 Å². The lowest BCUT2D eigenvalue weighted by Gasteiger charge is -2.12. The lowest BCUT2D eigenvalue weighted by molar-refractivity contribution is -0.143. The van der Waals surface area contributed by atoms with E-state index in [1.165, 1.54) is 6.92 Å². The highest BCUT2D eigenvalue weighted by atomic mass is 16.5. The van der Waals surface area contributed by atoms with E-state index in [4.69, 9.17) is 0 Å². The standard InChI is InChI=1S/C11H19NO4/c1-7(2)10(14)5-8(3)11(15)12-6-16-9(4)13/h7-8H,5-6H2,1-4H3,(H,12,15)/t8-/m1/s1. The van der Waals surface area contributed by atoms with Crippen LogP contribution in [0.25, 0.3) is 0 Å². The van der Waals surface area contributed by atoms with E-state index in [0.29, 0.717) is 0 Å². The summed E-state index contributed by atoms with van der Waals surface area (Å²) in [4.78, 5) is 33.2. The van der Waals surface area contributed by atoms with Crippen LogP contribution in [0.15, 0.2) is 0 Å². The molecule has 0 unspecified atom stereocenters. The summed E-state index contributed by atoms with van der Waals surface area (Å²) in [5.74, 6) is -1.15. The number of rotatable bonds is 6. The first-order valence-electron chi connectivity index (χ1n) is 5.28. The Bertz CT molecular complexity index is 273. The van der Waals surface area contributed by atoms with Gasteiger partial charge in [0.25, 0.3) is 0 Å². The van der Waals surface area contributed by atoms with Crippen molar-refractivity contribution in [2.75, 3.05) is 6.73 Å². The number of ketones is 1. The molecule has 0 aliphatic rings. The van der Waals surface area contributed by atoms with Crippen LogP contribution in [-0.4, -0.2) is 24.4 Å². The third-order valence-corrected chi connectivity index (χ3v) is 2.12. The van der Waals surface area contributed by atoms with Gasteiger partial charge in [-0.3, -0.25) is 14.4 Å². The van der Waals surface area contributed by atoms with Gasteiger partial charge in [-0.1, -0.05) is 20.8 Å². The molecule has 0 fully saturated rings. The van der Waals surface area contributed by atoms with Crippen molar-refractivity contribution in [3.05, 3.63) is 0 Å². The van der Waals surface area contributed by atoms with Crippen LogP contribution in [0.2, 0.25) is 0 Å². The van der Waals surface area contributed by atoms with Crippen LogP contribution in [0.4, 0.5) is 0 Å². The minimum Gasteiger partial charge on any atom is -0.445 e. The maximum absolute atomic E-state index is 11.4. The molecule has 0 radical (unpaired) electrons. The molecule has 0 spiro atoms. The summed E-state index contributed by atoms with van der Waals surface area (Å²) in [5.41, 5.74) is 0. The third kappa shape index (κ3) is 6.16. The van der Waals surface area contributed by atoms with Crippen molar-refractivity contribution in [2.45, 2.75) is 34.1 Å². The molecule has 0 saturated heterocycles. The van der Waals surface area contributed by atoms with Gasteiger partial charge in [0, 0.05) is 25.2 Å². The van der Waals surface area contributed by atoms with Gasteiger partial charge in [0.1, 0.15) is 5.78 Å². The van der Waals surface area contributed by atoms with Crippen molar-refractivity contribution in [3.63, 3.8) is 0 Å². The van der Waals surface area contributed by atoms with E-state index >= 15 is 0 Å². The van der Waals surface area contributed by atoms with Gasteiger partial charge >= 0.3 is 5.97 Å². The highest BCUT2D eigenvalue weighted by molar-refractivity contribution is 5.87. The Kier molecular flexibility index (Phi) is 6.37. The Morgan fingerprint density at radius 2 is 1.75 bits per heavy atom. The predicted molar refractivity (Wildman–Crippen MR) is 58.4 cm³/mol. The molecule has 1 amide bonds. The van der Waals surface area contributed by atoms with Gasteiger partial charge in [-0.15, -0.1) is 0 Å². The normalized spacial score (nSPS) is 12.1.